The van der Waals surface area contributed by atoms with Crippen molar-refractivity contribution in [1.29, 1.82) is 0 Å². The Morgan fingerprint density at radius 3 is 2.51 bits per heavy atom. The zero-order valence-corrected chi connectivity index (χ0v) is 23.1. The van der Waals surface area contributed by atoms with Gasteiger partial charge in [-0.3, -0.25) is 9.59 Å². The monoisotopic (exact) mass is 520 g/mol. The predicted octanol–water partition coefficient (Wildman–Crippen LogP) is 3.56. The fraction of sp³-hybridized carbons (Fsp3) is 0.448. The van der Waals surface area contributed by atoms with Gasteiger partial charge in [0.25, 0.3) is 5.91 Å². The van der Waals surface area contributed by atoms with E-state index in [0.717, 1.165) is 22.7 Å². The van der Waals surface area contributed by atoms with Crippen LogP contribution in [0.5, 0.6) is 5.75 Å². The molecule has 2 amide bonds. The highest BCUT2D eigenvalue weighted by Gasteiger charge is 2.66. The lowest BCUT2D eigenvalue weighted by Crippen LogP contribution is -2.52. The summed E-state index contributed by atoms with van der Waals surface area (Å²) in [5.41, 5.74) is 1.31. The number of ether oxygens (including phenoxy) is 2. The average Bonchev–Trinajstić information content (AvgIpc) is 3.30. The maximum Gasteiger partial charge on any atom is 0.264 e. The van der Waals surface area contributed by atoms with Gasteiger partial charge < -0.3 is 24.4 Å². The molecule has 0 aromatic heterocycles. The number of methoxy groups -OCH3 is 1. The van der Waals surface area contributed by atoms with Gasteiger partial charge in [-0.15, -0.1) is 6.58 Å². The molecule has 0 aliphatic carbocycles. The van der Waals surface area contributed by atoms with Gasteiger partial charge in [-0.25, -0.2) is 0 Å². The molecular formula is C29H36N2O5Si. The summed E-state index contributed by atoms with van der Waals surface area (Å²) in [5.74, 6) is 0.662. The van der Waals surface area contributed by atoms with E-state index in [0.29, 0.717) is 25.9 Å². The Hall–Kier alpha value is -2.94. The summed E-state index contributed by atoms with van der Waals surface area (Å²) in [6.45, 7) is 11.7. The fourth-order valence-electron chi connectivity index (χ4n) is 6.76. The van der Waals surface area contributed by atoms with Gasteiger partial charge in [0.1, 0.15) is 5.75 Å². The third kappa shape index (κ3) is 3.76. The number of anilines is 2. The molecule has 3 heterocycles. The lowest BCUT2D eigenvalue weighted by molar-refractivity contribution is -0.146. The number of aliphatic hydroxyl groups excluding tert-OH is 1. The zero-order chi connectivity index (χ0) is 26.5. The van der Waals surface area contributed by atoms with Crippen LogP contribution >= 0.6 is 0 Å². The molecule has 8 heteroatoms. The first-order valence-corrected chi connectivity index (χ1v) is 16.1. The van der Waals surface area contributed by atoms with Crippen molar-refractivity contribution in [2.24, 2.45) is 5.92 Å². The van der Waals surface area contributed by atoms with Gasteiger partial charge in [0, 0.05) is 43.3 Å². The van der Waals surface area contributed by atoms with Crippen molar-refractivity contribution in [3.05, 3.63) is 60.7 Å². The Balaban J connectivity index is 1.63. The second kappa shape index (κ2) is 9.42. The van der Waals surface area contributed by atoms with Crippen molar-refractivity contribution < 1.29 is 24.2 Å². The van der Waals surface area contributed by atoms with E-state index in [-0.39, 0.29) is 36.0 Å². The van der Waals surface area contributed by atoms with Crippen LogP contribution in [0.3, 0.4) is 0 Å². The van der Waals surface area contributed by atoms with Crippen LogP contribution in [-0.4, -0.2) is 57.9 Å². The number of aliphatic hydroxyl groups is 1. The van der Waals surface area contributed by atoms with Crippen LogP contribution in [0.25, 0.3) is 0 Å². The SMILES string of the molecule is C=CCN1C(=O)[C@]2(O[C@@H](CCO)[C@H]([Si](C)(C)c3ccc(OC)cc3)[C@H]2C)c2cc(N3CCC3=O)ccc21. The molecule has 196 valence electrons. The van der Waals surface area contributed by atoms with Crippen LogP contribution in [0.1, 0.15) is 25.3 Å². The maximum absolute atomic E-state index is 14.3. The zero-order valence-electron chi connectivity index (χ0n) is 22.1. The molecule has 0 unspecified atom stereocenters. The van der Waals surface area contributed by atoms with Crippen molar-refractivity contribution >= 4 is 36.4 Å². The number of β-lactam (4-membered cyclic amide) rings is 1. The van der Waals surface area contributed by atoms with Gasteiger partial charge in [0.05, 0.1) is 27.0 Å². The van der Waals surface area contributed by atoms with Crippen LogP contribution in [0.4, 0.5) is 11.4 Å². The first kappa shape index (κ1) is 25.7. The van der Waals surface area contributed by atoms with Crippen LogP contribution in [0, 0.1) is 5.92 Å². The van der Waals surface area contributed by atoms with Crippen molar-refractivity contribution in [3.8, 4) is 5.75 Å². The summed E-state index contributed by atoms with van der Waals surface area (Å²) >= 11 is 0. The molecule has 1 spiro atoms. The minimum atomic E-state index is -2.22. The molecular weight excluding hydrogens is 484 g/mol. The van der Waals surface area contributed by atoms with E-state index >= 15 is 0 Å². The molecule has 1 N–H and O–H groups in total. The van der Waals surface area contributed by atoms with E-state index in [2.05, 4.69) is 38.7 Å². The normalized spacial score (nSPS) is 27.0. The molecule has 0 radical (unpaired) electrons. The lowest BCUT2D eigenvalue weighted by atomic mass is 9.82. The second-order valence-corrected chi connectivity index (χ2v) is 15.6. The predicted molar refractivity (Wildman–Crippen MR) is 147 cm³/mol. The van der Waals surface area contributed by atoms with E-state index in [1.54, 1.807) is 23.0 Å². The summed E-state index contributed by atoms with van der Waals surface area (Å²) in [5, 5.41) is 11.3. The van der Waals surface area contributed by atoms with E-state index in [1.807, 2.05) is 30.3 Å². The smallest absolute Gasteiger partial charge is 0.264 e. The third-order valence-electron chi connectivity index (χ3n) is 8.71. The van der Waals surface area contributed by atoms with Crippen molar-refractivity contribution in [2.45, 2.75) is 50.1 Å². The largest absolute Gasteiger partial charge is 0.497 e. The molecule has 2 fully saturated rings. The molecule has 2 aromatic carbocycles. The van der Waals surface area contributed by atoms with Crippen LogP contribution in [0.15, 0.2) is 55.1 Å². The quantitative estimate of drug-likeness (QED) is 0.327. The molecule has 3 aliphatic heterocycles. The number of hydrogen-bond donors (Lipinski definition) is 1. The highest BCUT2D eigenvalue weighted by atomic mass is 28.3. The van der Waals surface area contributed by atoms with E-state index < -0.39 is 13.7 Å². The molecule has 2 aromatic rings. The van der Waals surface area contributed by atoms with Crippen molar-refractivity contribution in [2.75, 3.05) is 36.6 Å². The van der Waals surface area contributed by atoms with E-state index in [9.17, 15) is 14.7 Å². The Kier molecular flexibility index (Phi) is 6.54. The number of hydrogen-bond acceptors (Lipinski definition) is 5. The Morgan fingerprint density at radius 1 is 1.22 bits per heavy atom. The minimum Gasteiger partial charge on any atom is -0.497 e. The molecule has 0 bridgehead atoms. The van der Waals surface area contributed by atoms with Gasteiger partial charge in [0.2, 0.25) is 5.91 Å². The standard InChI is InChI=1S/C29H36N2O5Si/c1-6-15-31-24-12-7-20(30-16-13-26(30)33)18-23(24)29(28(31)34)19(2)27(25(36-29)14-17-32)37(4,5)22-10-8-21(35-3)9-11-22/h6-12,18-19,25,27,32H,1,13-17H2,2-5H3/t19-,25+,27-,29-/m1/s1. The van der Waals surface area contributed by atoms with E-state index in [4.69, 9.17) is 9.47 Å². The van der Waals surface area contributed by atoms with Gasteiger partial charge >= 0.3 is 0 Å². The Labute approximate surface area is 219 Å². The highest BCUT2D eigenvalue weighted by molar-refractivity contribution is 6.91. The molecule has 5 rings (SSSR count). The van der Waals surface area contributed by atoms with Gasteiger partial charge in [-0.05, 0) is 42.3 Å². The van der Waals surface area contributed by atoms with Crippen molar-refractivity contribution in [1.82, 2.24) is 0 Å². The maximum atomic E-state index is 14.3. The average molecular weight is 521 g/mol. The number of nitrogens with zero attached hydrogens (tertiary/aromatic N) is 2. The number of carbonyl (C=O) groups is 2. The lowest BCUT2D eigenvalue weighted by Gasteiger charge is -2.37. The summed E-state index contributed by atoms with van der Waals surface area (Å²) in [7, 11) is -0.561. The Bertz CT molecular complexity index is 1230. The molecule has 0 saturated carbocycles. The summed E-state index contributed by atoms with van der Waals surface area (Å²) in [6, 6.07) is 14.0. The molecule has 3 aliphatic rings. The first-order chi connectivity index (χ1) is 17.7. The van der Waals surface area contributed by atoms with Gasteiger partial charge in [0.15, 0.2) is 5.60 Å². The topological polar surface area (TPSA) is 79.3 Å². The summed E-state index contributed by atoms with van der Waals surface area (Å²) in [6.07, 6.45) is 2.45. The minimum absolute atomic E-state index is 0.0171. The first-order valence-electron chi connectivity index (χ1n) is 13.0. The highest BCUT2D eigenvalue weighted by Crippen LogP contribution is 2.60. The number of amides is 2. The molecule has 7 nitrogen and oxygen atoms in total. The van der Waals surface area contributed by atoms with Crippen LogP contribution in [-0.2, 0) is 19.9 Å². The van der Waals surface area contributed by atoms with Gasteiger partial charge in [-0.2, -0.15) is 0 Å². The third-order valence-corrected chi connectivity index (χ3v) is 13.1. The molecule has 2 saturated heterocycles. The van der Waals surface area contributed by atoms with Crippen LogP contribution < -0.4 is 19.7 Å². The fourth-order valence-corrected chi connectivity index (χ4v) is 10.8. The molecule has 37 heavy (non-hydrogen) atoms. The molecule has 4 atom stereocenters. The number of rotatable bonds is 8. The summed E-state index contributed by atoms with van der Waals surface area (Å²) in [4.78, 5) is 30.0. The van der Waals surface area contributed by atoms with Crippen LogP contribution in [0.2, 0.25) is 18.6 Å². The number of fused-ring (bicyclic) bond motifs is 2. The van der Waals surface area contributed by atoms with Crippen molar-refractivity contribution in [3.63, 3.8) is 0 Å². The summed E-state index contributed by atoms with van der Waals surface area (Å²) < 4.78 is 12.3. The number of carbonyl (C=O) groups excluding carboxylic acids is 2. The number of benzene rings is 2. The van der Waals surface area contributed by atoms with E-state index in [1.165, 1.54) is 5.19 Å². The second-order valence-electron chi connectivity index (χ2n) is 10.9. The van der Waals surface area contributed by atoms with Gasteiger partial charge in [-0.1, -0.05) is 43.4 Å². The Morgan fingerprint density at radius 2 is 1.95 bits per heavy atom.